The van der Waals surface area contributed by atoms with E-state index in [4.69, 9.17) is 10.7 Å². The molecule has 0 bridgehead atoms. The van der Waals surface area contributed by atoms with E-state index >= 15 is 0 Å². The third-order valence-corrected chi connectivity index (χ3v) is 4.21. The molecule has 3 heteroatoms. The Morgan fingerprint density at radius 3 is 2.63 bits per heavy atom. The lowest BCUT2D eigenvalue weighted by Crippen LogP contribution is -2.06. The molecule has 0 amide bonds. The number of nitrogens with zero attached hydrogens (tertiary/aromatic N) is 2. The van der Waals surface area contributed by atoms with Crippen molar-refractivity contribution in [3.63, 3.8) is 0 Å². The molecule has 1 aromatic carbocycles. The Morgan fingerprint density at radius 2 is 1.95 bits per heavy atom. The highest BCUT2D eigenvalue weighted by molar-refractivity contribution is 5.78. The number of rotatable bonds is 4. The number of aromatic nitrogens is 2. The number of fused-ring (bicyclic) bond motifs is 2. The molecule has 3 rings (SSSR count). The Balaban J connectivity index is 2.09. The maximum atomic E-state index is 5.62. The molecular formula is C16H23N3. The molecule has 2 N–H and O–H groups in total. The van der Waals surface area contributed by atoms with Crippen molar-refractivity contribution in [3.8, 4) is 0 Å². The lowest BCUT2D eigenvalue weighted by atomic mass is 9.91. The SMILES string of the molecule is CCn1c(CCCN)nc2cc3c(cc21)CCCC3. The van der Waals surface area contributed by atoms with Gasteiger partial charge in [-0.2, -0.15) is 0 Å². The van der Waals surface area contributed by atoms with Crippen molar-refractivity contribution in [1.82, 2.24) is 9.55 Å². The van der Waals surface area contributed by atoms with Crippen LogP contribution in [-0.4, -0.2) is 16.1 Å². The van der Waals surface area contributed by atoms with Crippen LogP contribution in [0.4, 0.5) is 0 Å². The van der Waals surface area contributed by atoms with E-state index in [1.54, 1.807) is 5.56 Å². The minimum Gasteiger partial charge on any atom is -0.330 e. The summed E-state index contributed by atoms with van der Waals surface area (Å²) in [6.45, 7) is 3.94. The van der Waals surface area contributed by atoms with Crippen molar-refractivity contribution < 1.29 is 0 Å². The molecule has 102 valence electrons. The number of hydrogen-bond donors (Lipinski definition) is 1. The van der Waals surface area contributed by atoms with Crippen LogP contribution in [0.5, 0.6) is 0 Å². The lowest BCUT2D eigenvalue weighted by molar-refractivity contribution is 0.680. The minimum absolute atomic E-state index is 0.740. The third-order valence-electron chi connectivity index (χ3n) is 4.21. The predicted molar refractivity (Wildman–Crippen MR) is 79.4 cm³/mol. The monoisotopic (exact) mass is 257 g/mol. The molecule has 19 heavy (non-hydrogen) atoms. The molecule has 1 heterocycles. The standard InChI is InChI=1S/C16H23N3/c1-2-19-15-11-13-7-4-3-6-12(13)10-14(15)18-16(19)8-5-9-17/h10-11H,2-9,17H2,1H3. The van der Waals surface area contributed by atoms with Gasteiger partial charge in [-0.25, -0.2) is 4.98 Å². The maximum absolute atomic E-state index is 5.62. The second-order valence-electron chi connectivity index (χ2n) is 5.48. The van der Waals surface area contributed by atoms with E-state index in [0.29, 0.717) is 0 Å². The van der Waals surface area contributed by atoms with Gasteiger partial charge in [0, 0.05) is 13.0 Å². The topological polar surface area (TPSA) is 43.8 Å². The summed E-state index contributed by atoms with van der Waals surface area (Å²) in [5, 5.41) is 0. The number of hydrogen-bond acceptors (Lipinski definition) is 2. The molecule has 0 unspecified atom stereocenters. The molecule has 3 nitrogen and oxygen atoms in total. The molecule has 1 aliphatic carbocycles. The summed E-state index contributed by atoms with van der Waals surface area (Å²) in [5.41, 5.74) is 11.2. The summed E-state index contributed by atoms with van der Waals surface area (Å²) in [6, 6.07) is 4.70. The first-order valence-electron chi connectivity index (χ1n) is 7.54. The zero-order valence-electron chi connectivity index (χ0n) is 11.8. The highest BCUT2D eigenvalue weighted by Gasteiger charge is 2.15. The Morgan fingerprint density at radius 1 is 1.21 bits per heavy atom. The van der Waals surface area contributed by atoms with E-state index in [2.05, 4.69) is 23.6 Å². The average Bonchev–Trinajstić information content (AvgIpc) is 2.78. The number of nitrogens with two attached hydrogens (primary N) is 1. The van der Waals surface area contributed by atoms with Gasteiger partial charge >= 0.3 is 0 Å². The van der Waals surface area contributed by atoms with Crippen LogP contribution in [0.25, 0.3) is 11.0 Å². The van der Waals surface area contributed by atoms with Crippen LogP contribution in [0.3, 0.4) is 0 Å². The van der Waals surface area contributed by atoms with Gasteiger partial charge in [-0.15, -0.1) is 0 Å². The smallest absolute Gasteiger partial charge is 0.109 e. The highest BCUT2D eigenvalue weighted by Crippen LogP contribution is 2.27. The third kappa shape index (κ3) is 2.27. The van der Waals surface area contributed by atoms with Gasteiger partial charge in [-0.05, 0) is 68.8 Å². The molecule has 1 aromatic heterocycles. The van der Waals surface area contributed by atoms with Gasteiger partial charge in [-0.3, -0.25) is 0 Å². The van der Waals surface area contributed by atoms with Crippen molar-refractivity contribution in [3.05, 3.63) is 29.1 Å². The van der Waals surface area contributed by atoms with Crippen molar-refractivity contribution in [2.45, 2.75) is 52.0 Å². The van der Waals surface area contributed by atoms with Gasteiger partial charge in [0.2, 0.25) is 0 Å². The van der Waals surface area contributed by atoms with Crippen LogP contribution in [0.2, 0.25) is 0 Å². The van der Waals surface area contributed by atoms with Crippen LogP contribution < -0.4 is 5.73 Å². The van der Waals surface area contributed by atoms with E-state index < -0.39 is 0 Å². The molecule has 0 fully saturated rings. The number of imidazole rings is 1. The first-order valence-corrected chi connectivity index (χ1v) is 7.54. The van der Waals surface area contributed by atoms with Crippen molar-refractivity contribution in [2.24, 2.45) is 5.73 Å². The molecule has 1 aliphatic rings. The van der Waals surface area contributed by atoms with Crippen LogP contribution >= 0.6 is 0 Å². The molecule has 2 aromatic rings. The average molecular weight is 257 g/mol. The fraction of sp³-hybridized carbons (Fsp3) is 0.562. The van der Waals surface area contributed by atoms with Gasteiger partial charge in [0.15, 0.2) is 0 Å². The molecule has 0 atom stereocenters. The lowest BCUT2D eigenvalue weighted by Gasteiger charge is -2.15. The van der Waals surface area contributed by atoms with Gasteiger partial charge < -0.3 is 10.3 Å². The van der Waals surface area contributed by atoms with E-state index in [9.17, 15) is 0 Å². The molecule has 0 saturated carbocycles. The van der Waals surface area contributed by atoms with Gasteiger partial charge in [0.05, 0.1) is 11.0 Å². The van der Waals surface area contributed by atoms with E-state index in [-0.39, 0.29) is 0 Å². The highest BCUT2D eigenvalue weighted by atomic mass is 15.1. The molecule has 0 saturated heterocycles. The van der Waals surface area contributed by atoms with Crippen LogP contribution in [0.1, 0.15) is 43.1 Å². The van der Waals surface area contributed by atoms with Crippen LogP contribution in [0.15, 0.2) is 12.1 Å². The second-order valence-corrected chi connectivity index (χ2v) is 5.48. The summed E-state index contributed by atoms with van der Waals surface area (Å²) in [5.74, 6) is 1.20. The van der Waals surface area contributed by atoms with Crippen molar-refractivity contribution in [2.75, 3.05) is 6.54 Å². The van der Waals surface area contributed by atoms with Gasteiger partial charge in [-0.1, -0.05) is 0 Å². The van der Waals surface area contributed by atoms with Crippen LogP contribution in [0, 0.1) is 0 Å². The largest absolute Gasteiger partial charge is 0.330 e. The zero-order valence-corrected chi connectivity index (χ0v) is 11.8. The predicted octanol–water partition coefficient (Wildman–Crippen LogP) is 2.83. The Labute approximate surface area is 114 Å². The summed E-state index contributed by atoms with van der Waals surface area (Å²) in [7, 11) is 0. The van der Waals surface area contributed by atoms with Gasteiger partial charge in [0.25, 0.3) is 0 Å². The zero-order chi connectivity index (χ0) is 13.2. The minimum atomic E-state index is 0.740. The Bertz CT molecular complexity index is 583. The normalized spacial score (nSPS) is 14.8. The van der Waals surface area contributed by atoms with E-state index in [1.165, 1.54) is 48.1 Å². The number of aryl methyl sites for hydroxylation is 4. The molecular weight excluding hydrogens is 234 g/mol. The first-order chi connectivity index (χ1) is 9.33. The van der Waals surface area contributed by atoms with E-state index in [1.807, 2.05) is 0 Å². The van der Waals surface area contributed by atoms with Crippen molar-refractivity contribution in [1.29, 1.82) is 0 Å². The summed E-state index contributed by atoms with van der Waals surface area (Å²) in [6.07, 6.45) is 7.12. The van der Waals surface area contributed by atoms with Gasteiger partial charge in [0.1, 0.15) is 5.82 Å². The maximum Gasteiger partial charge on any atom is 0.109 e. The molecule has 0 spiro atoms. The fourth-order valence-electron chi connectivity index (χ4n) is 3.21. The molecule has 0 radical (unpaired) electrons. The summed E-state index contributed by atoms with van der Waals surface area (Å²) < 4.78 is 2.36. The van der Waals surface area contributed by atoms with Crippen LogP contribution in [-0.2, 0) is 25.8 Å². The Kier molecular flexibility index (Phi) is 3.56. The molecule has 0 aliphatic heterocycles. The summed E-state index contributed by atoms with van der Waals surface area (Å²) >= 11 is 0. The number of benzene rings is 1. The van der Waals surface area contributed by atoms with Crippen molar-refractivity contribution >= 4 is 11.0 Å². The van der Waals surface area contributed by atoms with E-state index in [0.717, 1.165) is 25.9 Å². The second kappa shape index (κ2) is 5.33. The quantitative estimate of drug-likeness (QED) is 0.915. The first kappa shape index (κ1) is 12.7. The fourth-order valence-corrected chi connectivity index (χ4v) is 3.21. The Hall–Kier alpha value is -1.35. The summed E-state index contributed by atoms with van der Waals surface area (Å²) in [4.78, 5) is 4.84.